The fourth-order valence-electron chi connectivity index (χ4n) is 2.95. The molecule has 0 saturated heterocycles. The molecule has 7 atom stereocenters. The normalized spacial score (nSPS) is 30.9. The lowest BCUT2D eigenvalue weighted by Crippen LogP contribution is -2.17. The van der Waals surface area contributed by atoms with Gasteiger partial charge in [-0.1, -0.05) is 28.0 Å². The third-order valence-corrected chi connectivity index (χ3v) is 5.09. The van der Waals surface area contributed by atoms with Crippen molar-refractivity contribution in [2.24, 2.45) is 5.92 Å². The van der Waals surface area contributed by atoms with Crippen molar-refractivity contribution in [1.29, 1.82) is 0 Å². The summed E-state index contributed by atoms with van der Waals surface area (Å²) >= 11 is 0. The summed E-state index contributed by atoms with van der Waals surface area (Å²) in [5, 5.41) is 19.6. The van der Waals surface area contributed by atoms with E-state index in [4.69, 9.17) is 16.8 Å². The lowest BCUT2D eigenvalue weighted by atomic mass is 9.98. The first-order valence-corrected chi connectivity index (χ1v) is 10.8. The number of ether oxygens (including phenoxy) is 1. The van der Waals surface area contributed by atoms with Crippen LogP contribution in [-0.4, -0.2) is 48.2 Å². The maximum atomic E-state index is 11.4. The molecule has 23 heavy (non-hydrogen) atoms. The number of rotatable bonds is 8. The van der Waals surface area contributed by atoms with E-state index in [1.165, 1.54) is 6.08 Å². The second kappa shape index (κ2) is 8.73. The van der Waals surface area contributed by atoms with Gasteiger partial charge in [-0.15, -0.1) is 0 Å². The van der Waals surface area contributed by atoms with Gasteiger partial charge in [0.05, 0.1) is 18.3 Å². The fourth-order valence-corrected chi connectivity index (χ4v) is 3.95. The van der Waals surface area contributed by atoms with Crippen LogP contribution in [0.25, 0.3) is 0 Å². The van der Waals surface area contributed by atoms with Crippen molar-refractivity contribution >= 4 is 30.2 Å². The van der Waals surface area contributed by atoms with E-state index in [-0.39, 0.29) is 30.2 Å². The van der Waals surface area contributed by atoms with Gasteiger partial charge >= 0.3 is 5.97 Å². The third kappa shape index (κ3) is 5.37. The van der Waals surface area contributed by atoms with Crippen molar-refractivity contribution in [3.05, 3.63) is 23.8 Å². The van der Waals surface area contributed by atoms with E-state index in [1.54, 1.807) is 6.08 Å². The maximum Gasteiger partial charge on any atom is 0.331 e. The van der Waals surface area contributed by atoms with Gasteiger partial charge in [-0.05, 0) is 32.6 Å². The number of aliphatic hydroxyl groups excluding tert-OH is 2. The van der Waals surface area contributed by atoms with Crippen LogP contribution in [0.2, 0.25) is 0 Å². The van der Waals surface area contributed by atoms with E-state index in [9.17, 15) is 15.0 Å². The van der Waals surface area contributed by atoms with E-state index in [1.807, 2.05) is 13.0 Å². The Morgan fingerprint density at radius 2 is 2.30 bits per heavy atom. The monoisotopic (exact) mass is 356 g/mol. The summed E-state index contributed by atoms with van der Waals surface area (Å²) in [4.78, 5) is 11.4. The Morgan fingerprint density at radius 1 is 1.57 bits per heavy atom. The summed E-state index contributed by atoms with van der Waals surface area (Å²) < 4.78 is 11.0. The van der Waals surface area contributed by atoms with Crippen LogP contribution in [0, 0.1) is 5.92 Å². The lowest BCUT2D eigenvalue weighted by Gasteiger charge is -2.20. The van der Waals surface area contributed by atoms with Crippen molar-refractivity contribution in [2.75, 3.05) is 0 Å². The first kappa shape index (κ1) is 19.1. The zero-order valence-corrected chi connectivity index (χ0v) is 15.2. The lowest BCUT2D eigenvalue weighted by molar-refractivity contribution is -0.138. The number of esters is 1. The van der Waals surface area contributed by atoms with Crippen molar-refractivity contribution in [3.63, 3.8) is 0 Å². The quantitative estimate of drug-likeness (QED) is 0.301. The van der Waals surface area contributed by atoms with Gasteiger partial charge in [0.2, 0.25) is 0 Å². The first-order chi connectivity index (χ1) is 10.9. The summed E-state index contributed by atoms with van der Waals surface area (Å²) in [6.07, 6.45) is 5.97. The molecule has 5 nitrogen and oxygen atoms in total. The van der Waals surface area contributed by atoms with Crippen LogP contribution in [0.15, 0.2) is 23.8 Å². The first-order valence-electron chi connectivity index (χ1n) is 7.83. The number of carbonyl (C=O) groups excluding carboxylic acids is 1. The van der Waals surface area contributed by atoms with Crippen LogP contribution >= 0.6 is 16.6 Å². The molecule has 2 radical (unpaired) electrons. The minimum atomic E-state index is -1.09. The predicted molar refractivity (Wildman–Crippen MR) is 94.0 cm³/mol. The van der Waals surface area contributed by atoms with E-state index < -0.39 is 13.8 Å². The summed E-state index contributed by atoms with van der Waals surface area (Å²) in [6, 6.07) is 0. The van der Waals surface area contributed by atoms with Gasteiger partial charge in [-0.3, -0.25) is 0 Å². The third-order valence-electron chi connectivity index (χ3n) is 4.21. The molecule has 0 aromatic heterocycles. The predicted octanol–water partition coefficient (Wildman–Crippen LogP) is 1.98. The van der Waals surface area contributed by atoms with Gasteiger partial charge in [0.1, 0.15) is 6.10 Å². The van der Waals surface area contributed by atoms with Crippen LogP contribution in [0.5, 0.6) is 0 Å². The largest absolute Gasteiger partial charge is 0.455 e. The summed E-state index contributed by atoms with van der Waals surface area (Å²) in [7, 11) is 7.10. The van der Waals surface area contributed by atoms with Crippen molar-refractivity contribution in [1.82, 2.24) is 0 Å². The maximum absolute atomic E-state index is 11.4. The highest BCUT2D eigenvalue weighted by molar-refractivity contribution is 8.23. The molecule has 126 valence electrons. The molecule has 0 spiro atoms. The van der Waals surface area contributed by atoms with E-state index in [2.05, 4.69) is 8.93 Å². The molecule has 0 amide bonds. The molecule has 1 aliphatic heterocycles. The molecule has 2 aliphatic rings. The zero-order chi connectivity index (χ0) is 17.0. The molecule has 2 N–H and O–H groups in total. The molecule has 1 heterocycles. The molecular weight excluding hydrogens is 333 g/mol. The van der Waals surface area contributed by atoms with Crippen molar-refractivity contribution < 1.29 is 24.3 Å². The van der Waals surface area contributed by atoms with Crippen molar-refractivity contribution in [3.8, 4) is 0 Å². The number of hydrogen-bond acceptors (Lipinski definition) is 5. The van der Waals surface area contributed by atoms with Gasteiger partial charge in [0, 0.05) is 18.4 Å². The summed E-state index contributed by atoms with van der Waals surface area (Å²) in [5.41, 5.74) is 0.888. The van der Waals surface area contributed by atoms with Crippen LogP contribution in [0.3, 0.4) is 0 Å². The Morgan fingerprint density at radius 3 is 2.96 bits per heavy atom. The smallest absolute Gasteiger partial charge is 0.331 e. The molecule has 1 aliphatic carbocycles. The van der Waals surface area contributed by atoms with Gasteiger partial charge in [0.25, 0.3) is 0 Å². The Bertz CT molecular complexity index is 482. The minimum Gasteiger partial charge on any atom is -0.455 e. The highest BCUT2D eigenvalue weighted by Gasteiger charge is 2.44. The Labute approximate surface area is 141 Å². The molecular formula is C15H23BO5P2. The molecule has 1 fully saturated rings. The molecule has 4 unspecified atom stereocenters. The van der Waals surface area contributed by atoms with Gasteiger partial charge < -0.3 is 19.5 Å². The topological polar surface area (TPSA) is 76.0 Å². The SMILES string of the molecule is [B]P(P)O[C@@H]1C[C@@H]2OC(=O)C=C2[C@@H]1C=CC(O)CCC(O)CC. The van der Waals surface area contributed by atoms with Crippen molar-refractivity contribution in [2.45, 2.75) is 57.0 Å². The standard InChI is InChI=1S/C15H23BO5P2/c1-2-9(17)3-4-10(18)5-6-11-12-7-15(19)20-13(12)8-14(11)21-23(16)22/h5-7,9-11,13-14,17-18H,2-4,8,22H2,1H3/t9?,10?,11-,13-,14+,23?/m0/s1. The van der Waals surface area contributed by atoms with E-state index in [0.29, 0.717) is 25.7 Å². The van der Waals surface area contributed by atoms with Gasteiger partial charge in [-0.2, -0.15) is 0 Å². The highest BCUT2D eigenvalue weighted by atomic mass is 32.0. The molecule has 2 rings (SSSR count). The molecule has 8 heteroatoms. The number of carbonyl (C=O) groups is 1. The van der Waals surface area contributed by atoms with Crippen LogP contribution in [0.4, 0.5) is 0 Å². The minimum absolute atomic E-state index is 0.119. The molecule has 1 saturated carbocycles. The average molecular weight is 356 g/mol. The average Bonchev–Trinajstić information content (AvgIpc) is 2.97. The van der Waals surface area contributed by atoms with Crippen LogP contribution in [-0.2, 0) is 14.1 Å². The summed E-state index contributed by atoms with van der Waals surface area (Å²) in [5.74, 6) is -0.444. The zero-order valence-electron chi connectivity index (χ0n) is 13.2. The molecule has 0 aromatic rings. The number of hydrogen-bond donors (Lipinski definition) is 2. The Balaban J connectivity index is 1.99. The second-order valence-electron chi connectivity index (χ2n) is 5.93. The van der Waals surface area contributed by atoms with E-state index in [0.717, 1.165) is 5.57 Å². The van der Waals surface area contributed by atoms with Crippen LogP contribution < -0.4 is 0 Å². The van der Waals surface area contributed by atoms with Gasteiger partial charge in [-0.25, -0.2) is 4.79 Å². The molecule has 0 bridgehead atoms. The Hall–Kier alpha value is -0.245. The van der Waals surface area contributed by atoms with Crippen LogP contribution in [0.1, 0.15) is 32.6 Å². The number of aliphatic hydroxyl groups is 2. The highest BCUT2D eigenvalue weighted by Crippen LogP contribution is 2.49. The fraction of sp³-hybridized carbons (Fsp3) is 0.667. The second-order valence-corrected chi connectivity index (χ2v) is 8.38. The summed E-state index contributed by atoms with van der Waals surface area (Å²) in [6.45, 7) is 1.91. The Kier molecular flexibility index (Phi) is 7.25. The number of fused-ring (bicyclic) bond motifs is 1. The van der Waals surface area contributed by atoms with Gasteiger partial charge in [0.15, 0.2) is 7.57 Å². The molecule has 0 aromatic carbocycles. The van der Waals surface area contributed by atoms with E-state index >= 15 is 0 Å².